The largest absolute Gasteiger partial charge is 0.353 e. The van der Waals surface area contributed by atoms with Crippen molar-refractivity contribution in [2.75, 3.05) is 32.5 Å². The van der Waals surface area contributed by atoms with Crippen molar-refractivity contribution in [2.45, 2.75) is 6.92 Å². The van der Waals surface area contributed by atoms with Gasteiger partial charge in [-0.1, -0.05) is 0 Å². The summed E-state index contributed by atoms with van der Waals surface area (Å²) in [6.07, 6.45) is 1.76. The lowest BCUT2D eigenvalue weighted by Crippen LogP contribution is -2.21. The molecular formula is C9H16N4. The van der Waals surface area contributed by atoms with Crippen LogP contribution >= 0.6 is 0 Å². The molecule has 0 atom stereocenters. The fourth-order valence-electron chi connectivity index (χ4n) is 0.925. The fraction of sp³-hybridized carbons (Fsp3) is 0.556. The van der Waals surface area contributed by atoms with E-state index in [1.165, 1.54) is 0 Å². The molecule has 4 nitrogen and oxygen atoms in total. The first-order valence-corrected chi connectivity index (χ1v) is 4.37. The molecule has 1 aromatic rings. The molecule has 0 aliphatic rings. The fourth-order valence-corrected chi connectivity index (χ4v) is 0.925. The van der Waals surface area contributed by atoms with Crippen molar-refractivity contribution in [3.63, 3.8) is 0 Å². The molecule has 4 heteroatoms. The summed E-state index contributed by atoms with van der Waals surface area (Å²) >= 11 is 0. The molecule has 13 heavy (non-hydrogen) atoms. The van der Waals surface area contributed by atoms with Gasteiger partial charge >= 0.3 is 0 Å². The molecule has 0 unspecified atom stereocenters. The van der Waals surface area contributed by atoms with Crippen molar-refractivity contribution in [3.05, 3.63) is 18.0 Å². The molecule has 0 aromatic carbocycles. The molecular weight excluding hydrogens is 164 g/mol. The van der Waals surface area contributed by atoms with Crippen LogP contribution in [0, 0.1) is 6.92 Å². The molecule has 0 aliphatic carbocycles. The highest BCUT2D eigenvalue weighted by Crippen LogP contribution is 1.97. The highest BCUT2D eigenvalue weighted by Gasteiger charge is 1.94. The lowest BCUT2D eigenvalue weighted by atomic mass is 10.5. The molecule has 0 saturated heterocycles. The third kappa shape index (κ3) is 3.85. The second-order valence-corrected chi connectivity index (χ2v) is 3.25. The van der Waals surface area contributed by atoms with Gasteiger partial charge in [0.25, 0.3) is 0 Å². The first kappa shape index (κ1) is 9.92. The Kier molecular flexibility index (Phi) is 3.64. The second kappa shape index (κ2) is 4.77. The topological polar surface area (TPSA) is 41.1 Å². The number of nitrogens with zero attached hydrogens (tertiary/aromatic N) is 3. The molecule has 0 saturated carbocycles. The Hall–Kier alpha value is -1.16. The smallest absolute Gasteiger partial charge is 0.222 e. The minimum atomic E-state index is 0.710. The summed E-state index contributed by atoms with van der Waals surface area (Å²) in [5.74, 6) is 0.710. The molecule has 0 amide bonds. The number of aryl methyl sites for hydroxylation is 1. The van der Waals surface area contributed by atoms with Gasteiger partial charge in [-0.2, -0.15) is 0 Å². The van der Waals surface area contributed by atoms with Gasteiger partial charge in [0.05, 0.1) is 0 Å². The zero-order valence-corrected chi connectivity index (χ0v) is 8.41. The number of rotatable bonds is 4. The van der Waals surface area contributed by atoms with E-state index in [9.17, 15) is 0 Å². The van der Waals surface area contributed by atoms with E-state index >= 15 is 0 Å². The van der Waals surface area contributed by atoms with Crippen LogP contribution in [0.15, 0.2) is 12.3 Å². The number of hydrogen-bond donors (Lipinski definition) is 1. The van der Waals surface area contributed by atoms with Crippen LogP contribution in [-0.2, 0) is 0 Å². The second-order valence-electron chi connectivity index (χ2n) is 3.25. The third-order valence-corrected chi connectivity index (χ3v) is 1.64. The van der Waals surface area contributed by atoms with Gasteiger partial charge in [-0.3, -0.25) is 0 Å². The highest BCUT2D eigenvalue weighted by molar-refractivity contribution is 5.24. The number of hydrogen-bond acceptors (Lipinski definition) is 4. The molecule has 1 rings (SSSR count). The number of likely N-dealkylation sites (N-methyl/N-ethyl adjacent to an activating group) is 1. The molecule has 0 fully saturated rings. The summed E-state index contributed by atoms with van der Waals surface area (Å²) in [6, 6.07) is 1.89. The average molecular weight is 180 g/mol. The Balaban J connectivity index is 2.37. The lowest BCUT2D eigenvalue weighted by molar-refractivity contribution is 0.425. The van der Waals surface area contributed by atoms with E-state index in [0.717, 1.165) is 18.8 Å². The summed E-state index contributed by atoms with van der Waals surface area (Å²) in [5, 5.41) is 3.15. The maximum Gasteiger partial charge on any atom is 0.222 e. The first-order valence-electron chi connectivity index (χ1n) is 4.37. The average Bonchev–Trinajstić information content (AvgIpc) is 2.03. The van der Waals surface area contributed by atoms with Crippen molar-refractivity contribution in [1.82, 2.24) is 14.9 Å². The van der Waals surface area contributed by atoms with E-state index in [0.29, 0.717) is 5.95 Å². The zero-order chi connectivity index (χ0) is 9.68. The highest BCUT2D eigenvalue weighted by atomic mass is 15.1. The summed E-state index contributed by atoms with van der Waals surface area (Å²) < 4.78 is 0. The van der Waals surface area contributed by atoms with E-state index in [2.05, 4.69) is 20.2 Å². The number of anilines is 1. The summed E-state index contributed by atoms with van der Waals surface area (Å²) in [4.78, 5) is 10.4. The van der Waals surface area contributed by atoms with Gasteiger partial charge in [0.2, 0.25) is 5.95 Å². The first-order chi connectivity index (χ1) is 6.18. The van der Waals surface area contributed by atoms with Crippen LogP contribution in [0.4, 0.5) is 5.95 Å². The molecule has 1 aromatic heterocycles. The normalized spacial score (nSPS) is 10.5. The maximum atomic E-state index is 4.23. The quantitative estimate of drug-likeness (QED) is 0.742. The minimum Gasteiger partial charge on any atom is -0.353 e. The van der Waals surface area contributed by atoms with Crippen LogP contribution < -0.4 is 5.32 Å². The van der Waals surface area contributed by atoms with Gasteiger partial charge in [0.1, 0.15) is 0 Å². The van der Waals surface area contributed by atoms with Gasteiger partial charge in [0, 0.05) is 25.0 Å². The Morgan fingerprint density at radius 2 is 2.23 bits per heavy atom. The Labute approximate surface area is 79.0 Å². The van der Waals surface area contributed by atoms with Gasteiger partial charge in [-0.05, 0) is 27.1 Å². The summed E-state index contributed by atoms with van der Waals surface area (Å²) in [7, 11) is 4.08. The SMILES string of the molecule is Cc1ccnc(NCCN(C)C)n1. The Morgan fingerprint density at radius 1 is 1.46 bits per heavy atom. The van der Waals surface area contributed by atoms with Crippen LogP contribution in [-0.4, -0.2) is 42.1 Å². The minimum absolute atomic E-state index is 0.710. The summed E-state index contributed by atoms with van der Waals surface area (Å²) in [6.45, 7) is 3.81. The number of nitrogens with one attached hydrogen (secondary N) is 1. The van der Waals surface area contributed by atoms with Crippen molar-refractivity contribution in [1.29, 1.82) is 0 Å². The van der Waals surface area contributed by atoms with E-state index in [1.54, 1.807) is 6.20 Å². The molecule has 0 spiro atoms. The van der Waals surface area contributed by atoms with E-state index in [1.807, 2.05) is 27.1 Å². The van der Waals surface area contributed by atoms with Crippen LogP contribution in [0.2, 0.25) is 0 Å². The van der Waals surface area contributed by atoms with E-state index in [4.69, 9.17) is 0 Å². The van der Waals surface area contributed by atoms with Crippen LogP contribution in [0.5, 0.6) is 0 Å². The van der Waals surface area contributed by atoms with Crippen molar-refractivity contribution >= 4 is 5.95 Å². The van der Waals surface area contributed by atoms with E-state index < -0.39 is 0 Å². The van der Waals surface area contributed by atoms with Crippen molar-refractivity contribution in [3.8, 4) is 0 Å². The maximum absolute atomic E-state index is 4.23. The van der Waals surface area contributed by atoms with Crippen LogP contribution in [0.1, 0.15) is 5.69 Å². The van der Waals surface area contributed by atoms with Gasteiger partial charge in [-0.25, -0.2) is 9.97 Å². The molecule has 0 aliphatic heterocycles. The van der Waals surface area contributed by atoms with Crippen molar-refractivity contribution in [2.24, 2.45) is 0 Å². The predicted octanol–water partition coefficient (Wildman–Crippen LogP) is 0.759. The monoisotopic (exact) mass is 180 g/mol. The Morgan fingerprint density at radius 3 is 2.85 bits per heavy atom. The predicted molar refractivity (Wildman–Crippen MR) is 53.8 cm³/mol. The van der Waals surface area contributed by atoms with Gasteiger partial charge in [-0.15, -0.1) is 0 Å². The van der Waals surface area contributed by atoms with Gasteiger partial charge < -0.3 is 10.2 Å². The van der Waals surface area contributed by atoms with Crippen LogP contribution in [0.25, 0.3) is 0 Å². The van der Waals surface area contributed by atoms with Crippen molar-refractivity contribution < 1.29 is 0 Å². The third-order valence-electron chi connectivity index (χ3n) is 1.64. The van der Waals surface area contributed by atoms with Crippen LogP contribution in [0.3, 0.4) is 0 Å². The molecule has 1 N–H and O–H groups in total. The summed E-state index contributed by atoms with van der Waals surface area (Å²) in [5.41, 5.74) is 0.988. The standard InChI is InChI=1S/C9H16N4/c1-8-4-5-10-9(12-8)11-6-7-13(2)3/h4-5H,6-7H2,1-3H3,(H,10,11,12). The molecule has 0 bridgehead atoms. The zero-order valence-electron chi connectivity index (χ0n) is 8.41. The molecule has 0 radical (unpaired) electrons. The molecule has 72 valence electrons. The lowest BCUT2D eigenvalue weighted by Gasteiger charge is -2.09. The van der Waals surface area contributed by atoms with E-state index in [-0.39, 0.29) is 0 Å². The Bertz CT molecular complexity index is 260. The number of aromatic nitrogens is 2. The van der Waals surface area contributed by atoms with Gasteiger partial charge in [0.15, 0.2) is 0 Å². The molecule has 1 heterocycles.